The number of carbonyl (C=O) groups excluding carboxylic acids is 2. The van der Waals surface area contributed by atoms with Crippen LogP contribution in [0.1, 0.15) is 26.7 Å². The van der Waals surface area contributed by atoms with Crippen LogP contribution in [0.15, 0.2) is 0 Å². The van der Waals surface area contributed by atoms with Crippen LogP contribution < -0.4 is 0 Å². The molecule has 2 aliphatic heterocycles. The lowest BCUT2D eigenvalue weighted by Crippen LogP contribution is -2.57. The number of carbonyl (C=O) groups is 3. The van der Waals surface area contributed by atoms with E-state index in [1.54, 1.807) is 23.6 Å². The fourth-order valence-electron chi connectivity index (χ4n) is 3.10. The van der Waals surface area contributed by atoms with E-state index < -0.39 is 16.9 Å². The number of piperidine rings is 1. The van der Waals surface area contributed by atoms with Crippen molar-refractivity contribution in [1.82, 2.24) is 9.80 Å². The van der Waals surface area contributed by atoms with Crippen molar-refractivity contribution in [3.05, 3.63) is 0 Å². The quantitative estimate of drug-likeness (QED) is 0.811. The number of thioether (sulfide) groups is 2. The van der Waals surface area contributed by atoms with Crippen LogP contribution in [0.25, 0.3) is 0 Å². The smallest absolute Gasteiger partial charge is 0.327 e. The van der Waals surface area contributed by atoms with Crippen molar-refractivity contribution in [1.29, 1.82) is 0 Å². The highest BCUT2D eigenvalue weighted by Gasteiger charge is 2.53. The number of aliphatic carboxylic acids is 1. The van der Waals surface area contributed by atoms with E-state index in [-0.39, 0.29) is 16.9 Å². The fraction of sp³-hybridized carbons (Fsp3) is 0.800. The van der Waals surface area contributed by atoms with Crippen molar-refractivity contribution in [3.63, 3.8) is 0 Å². The molecule has 0 unspecified atom stereocenters. The topological polar surface area (TPSA) is 77.9 Å². The first-order chi connectivity index (χ1) is 10.8. The molecular weight excluding hydrogens is 336 g/mol. The molecule has 2 atom stereocenters. The van der Waals surface area contributed by atoms with Crippen LogP contribution in [0.5, 0.6) is 0 Å². The Kier molecular flexibility index (Phi) is 6.02. The second kappa shape index (κ2) is 7.44. The number of hydrogen-bond acceptors (Lipinski definition) is 6. The van der Waals surface area contributed by atoms with Gasteiger partial charge in [-0.15, -0.1) is 11.8 Å². The average molecular weight is 361 g/mol. The minimum absolute atomic E-state index is 0.0239. The molecule has 0 saturated carbocycles. The predicted molar refractivity (Wildman–Crippen MR) is 92.5 cm³/mol. The van der Waals surface area contributed by atoms with E-state index in [0.717, 1.165) is 37.7 Å². The molecule has 1 amide bonds. The Hall–Kier alpha value is -0.730. The van der Waals surface area contributed by atoms with Gasteiger partial charge < -0.3 is 14.9 Å². The monoisotopic (exact) mass is 360 g/mol. The molecule has 2 saturated heterocycles. The predicted octanol–water partition coefficient (Wildman–Crippen LogP) is 1.35. The third-order valence-corrected chi connectivity index (χ3v) is 7.21. The zero-order valence-electron chi connectivity index (χ0n) is 13.8. The summed E-state index contributed by atoms with van der Waals surface area (Å²) < 4.78 is 0. The van der Waals surface area contributed by atoms with Crippen molar-refractivity contribution < 1.29 is 19.5 Å². The SMILES string of the molecule is CC(=O)SC[C@H](C)C(=O)N1[C@H](C(=O)O)CSC12CCN(C)CC2. The summed E-state index contributed by atoms with van der Waals surface area (Å²) in [7, 11) is 2.04. The van der Waals surface area contributed by atoms with Crippen molar-refractivity contribution in [2.75, 3.05) is 31.6 Å². The largest absolute Gasteiger partial charge is 0.480 e. The van der Waals surface area contributed by atoms with E-state index in [1.807, 2.05) is 7.05 Å². The number of rotatable bonds is 4. The van der Waals surface area contributed by atoms with Gasteiger partial charge in [-0.05, 0) is 19.9 Å². The maximum absolute atomic E-state index is 12.9. The van der Waals surface area contributed by atoms with Crippen LogP contribution in [0.3, 0.4) is 0 Å². The molecule has 2 heterocycles. The summed E-state index contributed by atoms with van der Waals surface area (Å²) in [6, 6.07) is -0.763. The summed E-state index contributed by atoms with van der Waals surface area (Å²) in [5, 5.41) is 9.50. The van der Waals surface area contributed by atoms with E-state index in [1.165, 1.54) is 6.92 Å². The van der Waals surface area contributed by atoms with Crippen molar-refractivity contribution in [3.8, 4) is 0 Å². The summed E-state index contributed by atoms with van der Waals surface area (Å²) in [5.74, 6) is -0.593. The second-order valence-corrected chi connectivity index (χ2v) is 8.91. The normalized spacial score (nSPS) is 25.5. The highest BCUT2D eigenvalue weighted by molar-refractivity contribution is 8.13. The Labute approximate surface area is 145 Å². The molecule has 1 spiro atoms. The molecule has 130 valence electrons. The fourth-order valence-corrected chi connectivity index (χ4v) is 5.32. The zero-order valence-corrected chi connectivity index (χ0v) is 15.4. The molecular formula is C15H24N2O4S2. The number of hydrogen-bond donors (Lipinski definition) is 1. The van der Waals surface area contributed by atoms with Crippen LogP contribution in [0.4, 0.5) is 0 Å². The maximum Gasteiger partial charge on any atom is 0.327 e. The first kappa shape index (κ1) is 18.6. The lowest BCUT2D eigenvalue weighted by molar-refractivity contribution is -0.153. The third-order valence-electron chi connectivity index (χ3n) is 4.51. The summed E-state index contributed by atoms with van der Waals surface area (Å²) in [6.07, 6.45) is 1.58. The van der Waals surface area contributed by atoms with Crippen LogP contribution in [-0.2, 0) is 14.4 Å². The van der Waals surface area contributed by atoms with Crippen molar-refractivity contribution in [2.45, 2.75) is 37.6 Å². The Morgan fingerprint density at radius 1 is 1.35 bits per heavy atom. The van der Waals surface area contributed by atoms with Crippen LogP contribution in [0.2, 0.25) is 0 Å². The van der Waals surface area contributed by atoms with E-state index in [2.05, 4.69) is 4.90 Å². The average Bonchev–Trinajstić information content (AvgIpc) is 2.86. The minimum atomic E-state index is -0.937. The van der Waals surface area contributed by atoms with Gasteiger partial charge in [-0.1, -0.05) is 18.7 Å². The van der Waals surface area contributed by atoms with Crippen LogP contribution in [0, 0.1) is 5.92 Å². The number of carboxylic acid groups (broad SMARTS) is 1. The molecule has 8 heteroatoms. The molecule has 2 fully saturated rings. The maximum atomic E-state index is 12.9. The van der Waals surface area contributed by atoms with Crippen molar-refractivity contribution >= 4 is 40.5 Å². The van der Waals surface area contributed by atoms with Gasteiger partial charge in [0.2, 0.25) is 5.91 Å². The third kappa shape index (κ3) is 4.03. The number of likely N-dealkylation sites (tertiary alicyclic amines) is 1. The number of nitrogens with zero attached hydrogens (tertiary/aromatic N) is 2. The van der Waals surface area contributed by atoms with Gasteiger partial charge in [0.05, 0.1) is 4.87 Å². The Bertz CT molecular complexity index is 492. The molecule has 1 N–H and O–H groups in total. The second-order valence-electron chi connectivity index (χ2n) is 6.33. The summed E-state index contributed by atoms with van der Waals surface area (Å²) in [4.78, 5) is 39.1. The summed E-state index contributed by atoms with van der Waals surface area (Å²) >= 11 is 2.73. The molecule has 23 heavy (non-hydrogen) atoms. The van der Waals surface area contributed by atoms with Gasteiger partial charge in [-0.3, -0.25) is 9.59 Å². The highest BCUT2D eigenvalue weighted by Crippen LogP contribution is 2.47. The number of carboxylic acids is 1. The Morgan fingerprint density at radius 2 is 1.96 bits per heavy atom. The van der Waals surface area contributed by atoms with Crippen LogP contribution in [-0.4, -0.2) is 74.5 Å². The van der Waals surface area contributed by atoms with E-state index in [9.17, 15) is 19.5 Å². The molecule has 0 aromatic rings. The van der Waals surface area contributed by atoms with Gasteiger partial charge in [0.25, 0.3) is 0 Å². The molecule has 0 radical (unpaired) electrons. The molecule has 2 aliphatic rings. The number of amides is 1. The van der Waals surface area contributed by atoms with Gasteiger partial charge in [0, 0.05) is 37.4 Å². The lowest BCUT2D eigenvalue weighted by Gasteiger charge is -2.45. The molecule has 0 bridgehead atoms. The van der Waals surface area contributed by atoms with Crippen molar-refractivity contribution in [2.24, 2.45) is 5.92 Å². The van der Waals surface area contributed by atoms with Gasteiger partial charge in [-0.25, -0.2) is 4.79 Å². The van der Waals surface area contributed by atoms with Gasteiger partial charge >= 0.3 is 5.97 Å². The first-order valence-electron chi connectivity index (χ1n) is 7.78. The Morgan fingerprint density at radius 3 is 2.48 bits per heavy atom. The summed E-state index contributed by atoms with van der Waals surface area (Å²) in [6.45, 7) is 4.98. The van der Waals surface area contributed by atoms with E-state index in [0.29, 0.717) is 11.5 Å². The standard InChI is InChI=1S/C15H24N2O4S2/c1-10(8-22-11(2)18)13(19)17-12(14(20)21)9-23-15(17)4-6-16(3)7-5-15/h10,12H,4-9H2,1-3H3,(H,20,21)/t10-,12-/m0/s1. The van der Waals surface area contributed by atoms with Gasteiger partial charge in [-0.2, -0.15) is 0 Å². The molecule has 0 aromatic heterocycles. The van der Waals surface area contributed by atoms with E-state index in [4.69, 9.17) is 0 Å². The summed E-state index contributed by atoms with van der Waals surface area (Å²) in [5.41, 5.74) is 0. The van der Waals surface area contributed by atoms with Gasteiger partial charge in [0.15, 0.2) is 5.12 Å². The zero-order chi connectivity index (χ0) is 17.2. The van der Waals surface area contributed by atoms with E-state index >= 15 is 0 Å². The van der Waals surface area contributed by atoms with Gasteiger partial charge in [0.1, 0.15) is 6.04 Å². The minimum Gasteiger partial charge on any atom is -0.480 e. The molecule has 2 rings (SSSR count). The van der Waals surface area contributed by atoms with Crippen LogP contribution >= 0.6 is 23.5 Å². The molecule has 6 nitrogen and oxygen atoms in total. The molecule has 0 aliphatic carbocycles. The highest BCUT2D eigenvalue weighted by atomic mass is 32.2. The lowest BCUT2D eigenvalue weighted by atomic mass is 9.99. The first-order valence-corrected chi connectivity index (χ1v) is 9.76. The Balaban J connectivity index is 2.19. The molecule has 0 aromatic carbocycles.